The second-order valence-electron chi connectivity index (χ2n) is 17.4. The molecule has 0 aromatic rings. The fourth-order valence-corrected chi connectivity index (χ4v) is 11.6. The first-order valence-electron chi connectivity index (χ1n) is 17.3. The van der Waals surface area contributed by atoms with Gasteiger partial charge in [0.2, 0.25) is 0 Å². The Morgan fingerprint density at radius 2 is 1.55 bits per heavy atom. The van der Waals surface area contributed by atoms with E-state index in [1.807, 2.05) is 13.8 Å². The van der Waals surface area contributed by atoms with Crippen LogP contribution in [0.2, 0.25) is 0 Å². The number of hydrogen-bond donors (Lipinski definition) is 6. The van der Waals surface area contributed by atoms with Crippen molar-refractivity contribution < 1.29 is 40.1 Å². The summed E-state index contributed by atoms with van der Waals surface area (Å²) in [6.07, 6.45) is 3.85. The van der Waals surface area contributed by atoms with E-state index in [2.05, 4.69) is 47.6 Å². The summed E-state index contributed by atoms with van der Waals surface area (Å²) in [6, 6.07) is 0. The lowest BCUT2D eigenvalue weighted by molar-refractivity contribution is -0.331. The van der Waals surface area contributed by atoms with Crippen molar-refractivity contribution in [2.24, 2.45) is 45.3 Å². The molecule has 1 heterocycles. The number of ether oxygens (including phenoxy) is 2. The van der Waals surface area contributed by atoms with Crippen molar-refractivity contribution in [1.29, 1.82) is 0 Å². The predicted molar refractivity (Wildman–Crippen MR) is 168 cm³/mol. The molecule has 5 rings (SSSR count). The standard InChI is InChI=1S/C36H62O8/c1-20(10-9-14-32(2,3)42)21-11-16-36(8)27(21)22(38)18-25-34(6)15-13-26(33(4,5)24(34)12-17-35(25,36)7)44-31-30(41)29(40)28(39)23(19-37)43-31/h10,21-31,37-42H,9,11-19H2,1-8H3/b20-10+/t21-,22+,23-,24?,25-,26-,27+,28-,29+,30-,31+,34+,35-,36-/m1/s1. The van der Waals surface area contributed by atoms with Crippen LogP contribution in [0.25, 0.3) is 0 Å². The molecule has 4 aliphatic carbocycles. The molecule has 5 fully saturated rings. The van der Waals surface area contributed by atoms with E-state index >= 15 is 0 Å². The Hall–Kier alpha value is -0.580. The van der Waals surface area contributed by atoms with Crippen molar-refractivity contribution in [1.82, 2.24) is 0 Å². The van der Waals surface area contributed by atoms with E-state index in [9.17, 15) is 30.6 Å². The first kappa shape index (κ1) is 34.7. The smallest absolute Gasteiger partial charge is 0.186 e. The molecule has 5 aliphatic rings. The van der Waals surface area contributed by atoms with Gasteiger partial charge >= 0.3 is 0 Å². The zero-order chi connectivity index (χ0) is 32.6. The predicted octanol–water partition coefficient (Wildman–Crippen LogP) is 4.32. The van der Waals surface area contributed by atoms with Crippen LogP contribution in [0.4, 0.5) is 0 Å². The summed E-state index contributed by atoms with van der Waals surface area (Å²) in [5.41, 5.74) is 0.589. The molecule has 0 radical (unpaired) electrons. The Morgan fingerprint density at radius 3 is 2.18 bits per heavy atom. The molecule has 0 aromatic heterocycles. The molecule has 8 nitrogen and oxygen atoms in total. The van der Waals surface area contributed by atoms with Crippen LogP contribution in [0.5, 0.6) is 0 Å². The van der Waals surface area contributed by atoms with Gasteiger partial charge in [-0.25, -0.2) is 0 Å². The minimum Gasteiger partial charge on any atom is -0.394 e. The van der Waals surface area contributed by atoms with Gasteiger partial charge in [-0.15, -0.1) is 0 Å². The highest BCUT2D eigenvalue weighted by Crippen LogP contribution is 2.75. The fraction of sp³-hybridized carbons (Fsp3) is 0.944. The number of aliphatic hydroxyl groups is 6. The van der Waals surface area contributed by atoms with E-state index in [0.29, 0.717) is 17.8 Å². The lowest BCUT2D eigenvalue weighted by atomic mass is 9.35. The minimum absolute atomic E-state index is 0.0103. The molecular formula is C36H62O8. The van der Waals surface area contributed by atoms with Crippen LogP contribution in [0.15, 0.2) is 11.6 Å². The fourth-order valence-electron chi connectivity index (χ4n) is 11.6. The molecular weight excluding hydrogens is 560 g/mol. The largest absolute Gasteiger partial charge is 0.394 e. The minimum atomic E-state index is -1.45. The molecule has 1 unspecified atom stereocenters. The maximum Gasteiger partial charge on any atom is 0.186 e. The molecule has 1 aliphatic heterocycles. The van der Waals surface area contributed by atoms with E-state index in [1.165, 1.54) is 5.57 Å². The molecule has 0 aromatic carbocycles. The summed E-state index contributed by atoms with van der Waals surface area (Å²) < 4.78 is 12.2. The molecule has 8 heteroatoms. The van der Waals surface area contributed by atoms with Gasteiger partial charge in [0.15, 0.2) is 6.29 Å². The highest BCUT2D eigenvalue weighted by atomic mass is 16.7. The quantitative estimate of drug-likeness (QED) is 0.182. The summed E-state index contributed by atoms with van der Waals surface area (Å²) in [7, 11) is 0. The molecule has 0 bridgehead atoms. The lowest BCUT2D eigenvalue weighted by Gasteiger charge is -2.70. The van der Waals surface area contributed by atoms with Gasteiger partial charge in [-0.2, -0.15) is 0 Å². The summed E-state index contributed by atoms with van der Waals surface area (Å²) in [6.45, 7) is 17.4. The average molecular weight is 623 g/mol. The van der Waals surface area contributed by atoms with E-state index in [0.717, 1.165) is 57.8 Å². The number of fused-ring (bicyclic) bond motifs is 5. The molecule has 0 amide bonds. The van der Waals surface area contributed by atoms with Crippen LogP contribution in [0, 0.1) is 45.3 Å². The van der Waals surface area contributed by atoms with Crippen LogP contribution in [0.3, 0.4) is 0 Å². The topological polar surface area (TPSA) is 140 Å². The van der Waals surface area contributed by atoms with Crippen molar-refractivity contribution in [3.63, 3.8) is 0 Å². The van der Waals surface area contributed by atoms with E-state index < -0.39 is 42.9 Å². The van der Waals surface area contributed by atoms with E-state index in [-0.39, 0.29) is 39.8 Å². The first-order chi connectivity index (χ1) is 20.3. The third-order valence-electron chi connectivity index (χ3n) is 14.3. The van der Waals surface area contributed by atoms with Crippen molar-refractivity contribution in [3.05, 3.63) is 11.6 Å². The van der Waals surface area contributed by atoms with Crippen molar-refractivity contribution >= 4 is 0 Å². The van der Waals surface area contributed by atoms with Crippen molar-refractivity contribution in [2.45, 2.75) is 162 Å². The second kappa shape index (κ2) is 11.8. The van der Waals surface area contributed by atoms with Gasteiger partial charge in [0.1, 0.15) is 24.4 Å². The van der Waals surface area contributed by atoms with Gasteiger partial charge in [0.05, 0.1) is 24.4 Å². The number of rotatable bonds is 7. The zero-order valence-electron chi connectivity index (χ0n) is 28.5. The third-order valence-corrected chi connectivity index (χ3v) is 14.3. The van der Waals surface area contributed by atoms with Crippen LogP contribution in [-0.2, 0) is 9.47 Å². The van der Waals surface area contributed by atoms with E-state index in [4.69, 9.17) is 9.47 Å². The molecule has 4 saturated carbocycles. The van der Waals surface area contributed by atoms with Crippen LogP contribution >= 0.6 is 0 Å². The van der Waals surface area contributed by atoms with E-state index in [1.54, 1.807) is 0 Å². The molecule has 0 spiro atoms. The Labute approximate surface area is 265 Å². The second-order valence-corrected chi connectivity index (χ2v) is 17.4. The van der Waals surface area contributed by atoms with Gasteiger partial charge in [-0.05, 0) is 124 Å². The molecule has 1 saturated heterocycles. The summed E-state index contributed by atoms with van der Waals surface area (Å²) in [4.78, 5) is 0. The lowest BCUT2D eigenvalue weighted by Crippen LogP contribution is -2.67. The average Bonchev–Trinajstić information content (AvgIpc) is 3.31. The van der Waals surface area contributed by atoms with Gasteiger partial charge in [0.25, 0.3) is 0 Å². The Bertz CT molecular complexity index is 1070. The summed E-state index contributed by atoms with van der Waals surface area (Å²) in [5.74, 6) is 1.32. The highest BCUT2D eigenvalue weighted by molar-refractivity contribution is 5.22. The van der Waals surface area contributed by atoms with Crippen LogP contribution in [-0.4, -0.2) is 85.8 Å². The Morgan fingerprint density at radius 1 is 0.886 bits per heavy atom. The summed E-state index contributed by atoms with van der Waals surface area (Å²) in [5, 5.41) is 63.2. The monoisotopic (exact) mass is 622 g/mol. The van der Waals surface area contributed by atoms with Gasteiger partial charge < -0.3 is 40.1 Å². The van der Waals surface area contributed by atoms with Crippen molar-refractivity contribution in [2.75, 3.05) is 6.61 Å². The number of aliphatic hydroxyl groups excluding tert-OH is 5. The summed E-state index contributed by atoms with van der Waals surface area (Å²) >= 11 is 0. The SMILES string of the molecule is C/C(=C\CCC(C)(C)O)[C@H]1CC[C@]2(C)[C@@H]1[C@@H](O)C[C@@H]1[C@@]3(C)CC[C@@H](O[C@@H]4O[C@H](CO)[C@@H](O)[C@H](O)[C@H]4O)C(C)(C)C3CC[C@]12C. The Kier molecular flexibility index (Phi) is 9.35. The number of allylic oxidation sites excluding steroid dienone is 2. The Balaban J connectivity index is 1.36. The third kappa shape index (κ3) is 5.45. The maximum atomic E-state index is 12.0. The first-order valence-corrected chi connectivity index (χ1v) is 17.3. The van der Waals surface area contributed by atoms with Gasteiger partial charge in [0, 0.05) is 0 Å². The van der Waals surface area contributed by atoms with Gasteiger partial charge in [-0.1, -0.05) is 46.3 Å². The number of hydrogen-bond acceptors (Lipinski definition) is 8. The molecule has 14 atom stereocenters. The van der Waals surface area contributed by atoms with Crippen LogP contribution in [0.1, 0.15) is 113 Å². The van der Waals surface area contributed by atoms with Gasteiger partial charge in [-0.3, -0.25) is 0 Å². The maximum absolute atomic E-state index is 12.0. The van der Waals surface area contributed by atoms with Crippen LogP contribution < -0.4 is 0 Å². The molecule has 254 valence electrons. The zero-order valence-corrected chi connectivity index (χ0v) is 28.5. The normalized spacial score (nSPS) is 51.0. The molecule has 6 N–H and O–H groups in total. The molecule has 44 heavy (non-hydrogen) atoms. The highest BCUT2D eigenvalue weighted by Gasteiger charge is 2.70. The van der Waals surface area contributed by atoms with Crippen molar-refractivity contribution in [3.8, 4) is 0 Å².